The second kappa shape index (κ2) is 7.29. The molecule has 1 aliphatic rings. The Morgan fingerprint density at radius 2 is 1.81 bits per heavy atom. The van der Waals surface area contributed by atoms with Crippen molar-refractivity contribution in [2.24, 2.45) is 0 Å². The lowest BCUT2D eigenvalue weighted by molar-refractivity contribution is -0.131. The molecule has 1 aliphatic heterocycles. The van der Waals surface area contributed by atoms with Crippen molar-refractivity contribution >= 4 is 35.1 Å². The van der Waals surface area contributed by atoms with Crippen LogP contribution < -0.4 is 14.8 Å². The summed E-state index contributed by atoms with van der Waals surface area (Å²) in [7, 11) is 3.06. The summed E-state index contributed by atoms with van der Waals surface area (Å²) in [6, 6.07) is 9.48. The van der Waals surface area contributed by atoms with Crippen LogP contribution in [0.2, 0.25) is 10.0 Å². The third kappa shape index (κ3) is 3.42. The average molecular weight is 409 g/mol. The number of methoxy groups -OCH3 is 2. The number of benzene rings is 2. The highest BCUT2D eigenvalue weighted by Gasteiger charge is 2.50. The number of hydrogen-bond donors (Lipinski definition) is 1. The highest BCUT2D eigenvalue weighted by Crippen LogP contribution is 2.36. The van der Waals surface area contributed by atoms with Gasteiger partial charge in [0.25, 0.3) is 5.91 Å². The summed E-state index contributed by atoms with van der Waals surface area (Å²) < 4.78 is 10.6. The van der Waals surface area contributed by atoms with Gasteiger partial charge in [0.2, 0.25) is 0 Å². The fourth-order valence-electron chi connectivity index (χ4n) is 3.09. The maximum Gasteiger partial charge on any atom is 0.325 e. The Hall–Kier alpha value is -2.44. The Morgan fingerprint density at radius 1 is 1.07 bits per heavy atom. The quantitative estimate of drug-likeness (QED) is 0.759. The first kappa shape index (κ1) is 19.3. The lowest BCUT2D eigenvalue weighted by atomic mass is 9.92. The summed E-state index contributed by atoms with van der Waals surface area (Å²) >= 11 is 12.2. The molecule has 0 bridgehead atoms. The van der Waals surface area contributed by atoms with E-state index in [4.69, 9.17) is 32.7 Å². The Morgan fingerprint density at radius 3 is 2.44 bits per heavy atom. The molecular formula is C19H18Cl2N2O4. The van der Waals surface area contributed by atoms with Crippen LogP contribution in [0, 0.1) is 0 Å². The number of nitrogens with zero attached hydrogens (tertiary/aromatic N) is 1. The van der Waals surface area contributed by atoms with Crippen molar-refractivity contribution in [3.05, 3.63) is 57.6 Å². The molecule has 1 heterocycles. The third-order valence-corrected chi connectivity index (χ3v) is 5.11. The van der Waals surface area contributed by atoms with Gasteiger partial charge in [-0.25, -0.2) is 4.79 Å². The predicted octanol–water partition coefficient (Wildman–Crippen LogP) is 3.98. The van der Waals surface area contributed by atoms with E-state index in [-0.39, 0.29) is 6.54 Å². The fourth-order valence-corrected chi connectivity index (χ4v) is 3.69. The molecule has 0 radical (unpaired) electrons. The summed E-state index contributed by atoms with van der Waals surface area (Å²) in [5, 5.41) is 3.48. The zero-order valence-corrected chi connectivity index (χ0v) is 16.5. The minimum absolute atomic E-state index is 0.0336. The Bertz CT molecular complexity index is 919. The highest BCUT2D eigenvalue weighted by atomic mass is 35.5. The number of rotatable bonds is 5. The Kier molecular flexibility index (Phi) is 5.22. The zero-order valence-electron chi connectivity index (χ0n) is 15.0. The second-order valence-corrected chi connectivity index (χ2v) is 7.09. The van der Waals surface area contributed by atoms with E-state index in [9.17, 15) is 9.59 Å². The van der Waals surface area contributed by atoms with Crippen molar-refractivity contribution in [3.63, 3.8) is 0 Å². The van der Waals surface area contributed by atoms with Gasteiger partial charge in [-0.15, -0.1) is 0 Å². The van der Waals surface area contributed by atoms with Gasteiger partial charge in [0.15, 0.2) is 0 Å². The first-order chi connectivity index (χ1) is 12.8. The SMILES string of the molecule is COc1ccc(OC)c(CN2C(=O)N[C@](C)(c3ccc(Cl)cc3Cl)C2=O)c1. The number of urea groups is 1. The minimum atomic E-state index is -1.29. The molecule has 0 aliphatic carbocycles. The van der Waals surface area contributed by atoms with Crippen LogP contribution in [0.15, 0.2) is 36.4 Å². The van der Waals surface area contributed by atoms with Crippen LogP contribution in [0.3, 0.4) is 0 Å². The van der Waals surface area contributed by atoms with E-state index in [0.717, 1.165) is 4.90 Å². The van der Waals surface area contributed by atoms with Gasteiger partial charge in [-0.05, 0) is 37.3 Å². The van der Waals surface area contributed by atoms with Crippen molar-refractivity contribution < 1.29 is 19.1 Å². The number of hydrogen-bond acceptors (Lipinski definition) is 4. The van der Waals surface area contributed by atoms with Crippen molar-refractivity contribution in [3.8, 4) is 11.5 Å². The number of ether oxygens (including phenoxy) is 2. The molecule has 6 nitrogen and oxygen atoms in total. The average Bonchev–Trinajstić information content (AvgIpc) is 2.85. The molecule has 3 amide bonds. The lowest BCUT2D eigenvalue weighted by Crippen LogP contribution is -2.41. The molecule has 8 heteroatoms. The van der Waals surface area contributed by atoms with Crippen LogP contribution in [-0.2, 0) is 16.9 Å². The molecule has 142 valence electrons. The van der Waals surface area contributed by atoms with Crippen molar-refractivity contribution in [1.29, 1.82) is 0 Å². The van der Waals surface area contributed by atoms with Crippen LogP contribution in [0.25, 0.3) is 0 Å². The number of halogens is 2. The largest absolute Gasteiger partial charge is 0.497 e. The molecule has 0 aromatic heterocycles. The van der Waals surface area contributed by atoms with E-state index in [2.05, 4.69) is 5.32 Å². The number of imide groups is 1. The van der Waals surface area contributed by atoms with E-state index >= 15 is 0 Å². The first-order valence-electron chi connectivity index (χ1n) is 8.10. The van der Waals surface area contributed by atoms with Gasteiger partial charge in [-0.1, -0.05) is 29.3 Å². The van der Waals surface area contributed by atoms with Gasteiger partial charge >= 0.3 is 6.03 Å². The van der Waals surface area contributed by atoms with E-state index in [0.29, 0.717) is 32.7 Å². The molecule has 1 saturated heterocycles. The second-order valence-electron chi connectivity index (χ2n) is 6.25. The molecule has 1 N–H and O–H groups in total. The Balaban J connectivity index is 1.95. The van der Waals surface area contributed by atoms with E-state index < -0.39 is 17.5 Å². The smallest absolute Gasteiger partial charge is 0.325 e. The van der Waals surface area contributed by atoms with Crippen LogP contribution in [0.5, 0.6) is 11.5 Å². The van der Waals surface area contributed by atoms with Crippen molar-refractivity contribution in [2.75, 3.05) is 14.2 Å². The minimum Gasteiger partial charge on any atom is -0.497 e. The number of carbonyl (C=O) groups is 2. The molecule has 1 fully saturated rings. The number of carbonyl (C=O) groups excluding carboxylic acids is 2. The standard InChI is InChI=1S/C19H18Cl2N2O4/c1-19(14-6-4-12(20)9-15(14)21)17(24)23(18(25)22-19)10-11-8-13(26-2)5-7-16(11)27-3/h4-9H,10H2,1-3H3,(H,22,25)/t19-/m1/s1. The maximum absolute atomic E-state index is 13.1. The van der Waals surface area contributed by atoms with E-state index in [1.807, 2.05) is 0 Å². The molecule has 27 heavy (non-hydrogen) atoms. The van der Waals surface area contributed by atoms with Gasteiger partial charge in [0, 0.05) is 21.2 Å². The summed E-state index contributed by atoms with van der Waals surface area (Å²) in [6.45, 7) is 1.65. The summed E-state index contributed by atoms with van der Waals surface area (Å²) in [4.78, 5) is 26.8. The monoisotopic (exact) mass is 408 g/mol. The molecular weight excluding hydrogens is 391 g/mol. The fraction of sp³-hybridized carbons (Fsp3) is 0.263. The van der Waals surface area contributed by atoms with Crippen LogP contribution in [0.1, 0.15) is 18.1 Å². The normalized spacial score (nSPS) is 19.2. The predicted molar refractivity (Wildman–Crippen MR) is 102 cm³/mol. The Labute approximate surface area is 167 Å². The molecule has 0 saturated carbocycles. The first-order valence-corrected chi connectivity index (χ1v) is 8.86. The maximum atomic E-state index is 13.1. The summed E-state index contributed by atoms with van der Waals surface area (Å²) in [5.74, 6) is 0.734. The summed E-state index contributed by atoms with van der Waals surface area (Å²) in [6.07, 6.45) is 0. The topological polar surface area (TPSA) is 67.9 Å². The molecule has 0 spiro atoms. The lowest BCUT2D eigenvalue weighted by Gasteiger charge is -2.23. The van der Waals surface area contributed by atoms with Gasteiger partial charge in [-0.2, -0.15) is 0 Å². The number of amides is 3. The van der Waals surface area contributed by atoms with Crippen LogP contribution in [-0.4, -0.2) is 31.1 Å². The van der Waals surface area contributed by atoms with Gasteiger partial charge in [-0.3, -0.25) is 9.69 Å². The molecule has 3 rings (SSSR count). The molecule has 2 aromatic rings. The van der Waals surface area contributed by atoms with E-state index in [1.54, 1.807) is 44.4 Å². The molecule has 2 aromatic carbocycles. The summed E-state index contributed by atoms with van der Waals surface area (Å²) in [5.41, 5.74) is -0.163. The van der Waals surface area contributed by atoms with Crippen molar-refractivity contribution in [1.82, 2.24) is 10.2 Å². The van der Waals surface area contributed by atoms with Crippen molar-refractivity contribution in [2.45, 2.75) is 19.0 Å². The van der Waals surface area contributed by atoms with Gasteiger partial charge < -0.3 is 14.8 Å². The van der Waals surface area contributed by atoms with Gasteiger partial charge in [0.1, 0.15) is 17.0 Å². The number of nitrogens with one attached hydrogen (secondary N) is 1. The molecule has 1 atom stereocenters. The van der Waals surface area contributed by atoms with Crippen LogP contribution in [0.4, 0.5) is 4.79 Å². The highest BCUT2D eigenvalue weighted by molar-refractivity contribution is 6.35. The third-order valence-electron chi connectivity index (χ3n) is 4.56. The van der Waals surface area contributed by atoms with Crippen LogP contribution >= 0.6 is 23.2 Å². The van der Waals surface area contributed by atoms with Gasteiger partial charge in [0.05, 0.1) is 20.8 Å². The molecule has 0 unspecified atom stereocenters. The van der Waals surface area contributed by atoms with E-state index in [1.165, 1.54) is 13.2 Å². The zero-order chi connectivity index (χ0) is 19.8.